The van der Waals surface area contributed by atoms with Crippen molar-refractivity contribution in [2.45, 2.75) is 6.42 Å². The van der Waals surface area contributed by atoms with Gasteiger partial charge in [-0.15, -0.1) is 0 Å². The summed E-state index contributed by atoms with van der Waals surface area (Å²) in [5.41, 5.74) is 5.35. The van der Waals surface area contributed by atoms with Crippen molar-refractivity contribution >= 4 is 11.9 Å². The van der Waals surface area contributed by atoms with Crippen LogP contribution in [0.1, 0.15) is 6.42 Å². The van der Waals surface area contributed by atoms with E-state index in [1.165, 1.54) is 0 Å². The third-order valence-corrected chi connectivity index (χ3v) is 0.588. The maximum Gasteiger partial charge on any atom is 0.0501 e. The number of rotatable bonds is 3. The van der Waals surface area contributed by atoms with Crippen LogP contribution in [0.5, 0.6) is 0 Å². The Balaban J connectivity index is 3.17. The van der Waals surface area contributed by atoms with Gasteiger partial charge in [-0.3, -0.25) is 0 Å². The zero-order valence-corrected chi connectivity index (χ0v) is 4.07. The normalized spacial score (nSPS) is 8.14. The van der Waals surface area contributed by atoms with Crippen LogP contribution in [0.2, 0.25) is 0 Å². The highest BCUT2D eigenvalue weighted by Crippen LogP contribution is 1.71. The number of hydrogen-bond donors (Lipinski definition) is 3. The number of nitrogens with one attached hydrogen (secondary N) is 2. The molecule has 0 radical (unpaired) electrons. The lowest BCUT2D eigenvalue weighted by Gasteiger charge is -1.86. The van der Waals surface area contributed by atoms with Crippen molar-refractivity contribution in [3.8, 4) is 0 Å². The van der Waals surface area contributed by atoms with Gasteiger partial charge in [-0.25, -0.2) is 0 Å². The average Bonchev–Trinajstić information content (AvgIpc) is 1.68. The van der Waals surface area contributed by atoms with Crippen LogP contribution in [-0.2, 0) is 0 Å². The number of nitrogens with two attached hydrogens (primary N) is 1. The highest BCUT2D eigenvalue weighted by molar-refractivity contribution is 6.27. The molecule has 0 fully saturated rings. The quantitative estimate of drug-likeness (QED) is 0.428. The summed E-state index contributed by atoms with van der Waals surface area (Å²) >= 11 is 0. The Morgan fingerprint density at radius 2 is 2.29 bits per heavy atom. The van der Waals surface area contributed by atoms with Crippen LogP contribution in [0.4, 0.5) is 0 Å². The zero-order valence-electron chi connectivity index (χ0n) is 4.07. The molecule has 0 unspecified atom stereocenters. The highest BCUT2D eigenvalue weighted by Gasteiger charge is 1.84. The summed E-state index contributed by atoms with van der Waals surface area (Å²) in [5.74, 6) is 0. The minimum Gasteiger partial charge on any atom is -0.330 e. The van der Waals surface area contributed by atoms with Gasteiger partial charge in [0.1, 0.15) is 0 Å². The molecule has 0 aromatic heterocycles. The molecule has 0 aromatic rings. The van der Waals surface area contributed by atoms with Gasteiger partial charge in [0.25, 0.3) is 0 Å². The first-order chi connectivity index (χ1) is 3.31. The standard InChI is InChI=1S/C4H9N3/c5-2-1-4(7)3-6/h3,6-7H,1-2,5H2. The van der Waals surface area contributed by atoms with Gasteiger partial charge in [-0.1, -0.05) is 0 Å². The van der Waals surface area contributed by atoms with E-state index in [0.717, 1.165) is 6.21 Å². The monoisotopic (exact) mass is 99.1 g/mol. The minimum absolute atomic E-state index is 0.294. The van der Waals surface area contributed by atoms with Gasteiger partial charge < -0.3 is 16.6 Å². The first kappa shape index (κ1) is 6.30. The van der Waals surface area contributed by atoms with Crippen molar-refractivity contribution in [3.05, 3.63) is 0 Å². The molecule has 7 heavy (non-hydrogen) atoms. The largest absolute Gasteiger partial charge is 0.330 e. The Labute approximate surface area is 42.5 Å². The fourth-order valence-electron chi connectivity index (χ4n) is 0.228. The van der Waals surface area contributed by atoms with Gasteiger partial charge in [0.05, 0.1) is 5.71 Å². The molecule has 0 bridgehead atoms. The van der Waals surface area contributed by atoms with E-state index in [1.807, 2.05) is 0 Å². The Hall–Kier alpha value is -0.700. The molecule has 0 spiro atoms. The molecule has 0 amide bonds. The SMILES string of the molecule is N=CC(=N)CCN. The Morgan fingerprint density at radius 3 is 2.43 bits per heavy atom. The second-order valence-electron chi connectivity index (χ2n) is 1.21. The molecular formula is C4H9N3. The lowest BCUT2D eigenvalue weighted by Crippen LogP contribution is -2.06. The summed E-state index contributed by atoms with van der Waals surface area (Å²) in [5, 5.41) is 13.3. The second kappa shape index (κ2) is 3.49. The molecule has 0 heterocycles. The third-order valence-electron chi connectivity index (χ3n) is 0.588. The molecule has 4 N–H and O–H groups in total. The van der Waals surface area contributed by atoms with Crippen molar-refractivity contribution in [2.24, 2.45) is 5.73 Å². The maximum absolute atomic E-state index is 6.81. The molecule has 0 saturated carbocycles. The van der Waals surface area contributed by atoms with Crippen molar-refractivity contribution in [1.82, 2.24) is 0 Å². The first-order valence-corrected chi connectivity index (χ1v) is 2.09. The molecule has 0 aliphatic heterocycles. The summed E-state index contributed by atoms with van der Waals surface area (Å²) < 4.78 is 0. The van der Waals surface area contributed by atoms with E-state index in [1.54, 1.807) is 0 Å². The zero-order chi connectivity index (χ0) is 5.70. The van der Waals surface area contributed by atoms with Crippen molar-refractivity contribution in [3.63, 3.8) is 0 Å². The van der Waals surface area contributed by atoms with E-state index in [0.29, 0.717) is 18.7 Å². The van der Waals surface area contributed by atoms with E-state index >= 15 is 0 Å². The number of hydrogen-bond acceptors (Lipinski definition) is 3. The van der Waals surface area contributed by atoms with Crippen LogP contribution in [0.3, 0.4) is 0 Å². The molecule has 3 heteroatoms. The summed E-state index contributed by atoms with van der Waals surface area (Å²) in [6.07, 6.45) is 1.52. The molecule has 0 atom stereocenters. The van der Waals surface area contributed by atoms with Crippen LogP contribution in [0.15, 0.2) is 0 Å². The highest BCUT2D eigenvalue weighted by atomic mass is 14.5. The Kier molecular flexibility index (Phi) is 3.14. The predicted octanol–water partition coefficient (Wildman–Crippen LogP) is 0.00454. The van der Waals surface area contributed by atoms with Gasteiger partial charge in [0, 0.05) is 12.6 Å². The van der Waals surface area contributed by atoms with E-state index in [-0.39, 0.29) is 0 Å². The van der Waals surface area contributed by atoms with E-state index < -0.39 is 0 Å². The lowest BCUT2D eigenvalue weighted by atomic mass is 10.3. The van der Waals surface area contributed by atoms with E-state index in [9.17, 15) is 0 Å². The van der Waals surface area contributed by atoms with Crippen LogP contribution in [-0.4, -0.2) is 18.5 Å². The molecule has 0 saturated heterocycles. The molecule has 0 aliphatic rings. The van der Waals surface area contributed by atoms with Crippen LogP contribution in [0.25, 0.3) is 0 Å². The maximum atomic E-state index is 6.81. The van der Waals surface area contributed by atoms with Crippen molar-refractivity contribution in [2.75, 3.05) is 6.54 Å². The van der Waals surface area contributed by atoms with Gasteiger partial charge in [-0.2, -0.15) is 0 Å². The summed E-state index contributed by atoms with van der Waals surface area (Å²) in [7, 11) is 0. The fraction of sp³-hybridized carbons (Fsp3) is 0.500. The summed E-state index contributed by atoms with van der Waals surface area (Å²) in [6.45, 7) is 0.466. The first-order valence-electron chi connectivity index (χ1n) is 2.09. The third kappa shape index (κ3) is 3.12. The lowest BCUT2D eigenvalue weighted by molar-refractivity contribution is 1.04. The molecule has 0 rings (SSSR count). The Morgan fingerprint density at radius 1 is 1.71 bits per heavy atom. The van der Waals surface area contributed by atoms with Gasteiger partial charge in [0.15, 0.2) is 0 Å². The van der Waals surface area contributed by atoms with Crippen molar-refractivity contribution < 1.29 is 0 Å². The average molecular weight is 99.1 g/mol. The van der Waals surface area contributed by atoms with Gasteiger partial charge >= 0.3 is 0 Å². The minimum atomic E-state index is 0.294. The van der Waals surface area contributed by atoms with Gasteiger partial charge in [0.2, 0.25) is 0 Å². The van der Waals surface area contributed by atoms with Crippen LogP contribution >= 0.6 is 0 Å². The molecule has 3 nitrogen and oxygen atoms in total. The molecular weight excluding hydrogens is 90.1 g/mol. The topological polar surface area (TPSA) is 73.7 Å². The Bertz CT molecular complexity index is 77.0. The van der Waals surface area contributed by atoms with Crippen LogP contribution < -0.4 is 5.73 Å². The fourth-order valence-corrected chi connectivity index (χ4v) is 0.228. The molecule has 40 valence electrons. The predicted molar refractivity (Wildman–Crippen MR) is 30.2 cm³/mol. The van der Waals surface area contributed by atoms with E-state index in [2.05, 4.69) is 0 Å². The molecule has 0 aromatic carbocycles. The van der Waals surface area contributed by atoms with Gasteiger partial charge in [-0.05, 0) is 6.54 Å². The van der Waals surface area contributed by atoms with E-state index in [4.69, 9.17) is 16.6 Å². The smallest absolute Gasteiger partial charge is 0.0501 e. The summed E-state index contributed by atoms with van der Waals surface area (Å²) in [4.78, 5) is 0. The summed E-state index contributed by atoms with van der Waals surface area (Å²) in [6, 6.07) is 0. The van der Waals surface area contributed by atoms with Crippen molar-refractivity contribution in [1.29, 1.82) is 10.8 Å². The van der Waals surface area contributed by atoms with Crippen LogP contribution in [0, 0.1) is 10.8 Å². The second-order valence-corrected chi connectivity index (χ2v) is 1.21. The molecule has 0 aliphatic carbocycles.